The Morgan fingerprint density at radius 1 is 1.35 bits per heavy atom. The van der Waals surface area contributed by atoms with Gasteiger partial charge in [0.1, 0.15) is 4.88 Å². The second-order valence-corrected chi connectivity index (χ2v) is 4.85. The quantitative estimate of drug-likeness (QED) is 0.882. The van der Waals surface area contributed by atoms with Gasteiger partial charge in [0.05, 0.1) is 12.3 Å². The number of aromatic nitrogens is 1. The third-order valence-corrected chi connectivity index (χ3v) is 3.43. The smallest absolute Gasteiger partial charge is 0.347 e. The Morgan fingerprint density at radius 2 is 2.05 bits per heavy atom. The first kappa shape index (κ1) is 14.2. The number of amides is 1. The first-order chi connectivity index (χ1) is 9.61. The van der Waals surface area contributed by atoms with Crippen LogP contribution in [0.2, 0.25) is 0 Å². The normalized spacial score (nSPS) is 10.2. The number of carbonyl (C=O) groups is 2. The van der Waals surface area contributed by atoms with Crippen LogP contribution in [-0.2, 0) is 11.3 Å². The summed E-state index contributed by atoms with van der Waals surface area (Å²) in [6.07, 6.45) is 0. The summed E-state index contributed by atoms with van der Waals surface area (Å²) in [5, 5.41) is 11.9. The second kappa shape index (κ2) is 6.27. The molecule has 6 nitrogen and oxygen atoms in total. The highest BCUT2D eigenvalue weighted by Crippen LogP contribution is 2.24. The van der Waals surface area contributed by atoms with Gasteiger partial charge >= 0.3 is 5.97 Å². The van der Waals surface area contributed by atoms with E-state index in [0.717, 1.165) is 11.3 Å². The maximum absolute atomic E-state index is 11.9. The molecule has 0 bridgehead atoms. The van der Waals surface area contributed by atoms with E-state index in [9.17, 15) is 9.59 Å². The molecule has 0 radical (unpaired) electrons. The van der Waals surface area contributed by atoms with Gasteiger partial charge in [-0.25, -0.2) is 9.78 Å². The number of anilines is 1. The minimum Gasteiger partial charge on any atom is -0.477 e. The van der Waals surface area contributed by atoms with Gasteiger partial charge in [-0.15, -0.1) is 0 Å². The van der Waals surface area contributed by atoms with E-state index in [1.807, 2.05) is 0 Å². The number of nitrogens with zero attached hydrogens (tertiary/aromatic N) is 1. The zero-order valence-electron chi connectivity index (χ0n) is 10.6. The molecule has 20 heavy (non-hydrogen) atoms. The molecule has 104 valence electrons. The molecule has 2 N–H and O–H groups in total. The minimum atomic E-state index is -1.09. The highest BCUT2D eigenvalue weighted by molar-refractivity contribution is 7.17. The maximum atomic E-state index is 11.9. The lowest BCUT2D eigenvalue weighted by Gasteiger charge is -2.00. The van der Waals surface area contributed by atoms with Crippen LogP contribution in [0.3, 0.4) is 0 Å². The molecule has 0 spiro atoms. The number of hydrogen-bond acceptors (Lipinski definition) is 5. The van der Waals surface area contributed by atoms with Crippen molar-refractivity contribution < 1.29 is 19.4 Å². The summed E-state index contributed by atoms with van der Waals surface area (Å²) >= 11 is 0.908. The van der Waals surface area contributed by atoms with E-state index in [1.165, 1.54) is 7.11 Å². The van der Waals surface area contributed by atoms with Crippen molar-refractivity contribution in [3.05, 3.63) is 46.5 Å². The number of nitrogens with one attached hydrogen (secondary N) is 1. The van der Waals surface area contributed by atoms with Crippen LogP contribution in [0, 0.1) is 0 Å². The Bertz CT molecular complexity index is 625. The zero-order chi connectivity index (χ0) is 14.5. The molecule has 2 rings (SSSR count). The molecule has 0 saturated heterocycles. The predicted molar refractivity (Wildman–Crippen MR) is 74.2 cm³/mol. The molecule has 1 aromatic heterocycles. The van der Waals surface area contributed by atoms with Gasteiger partial charge in [0.15, 0.2) is 5.13 Å². The van der Waals surface area contributed by atoms with Crippen molar-refractivity contribution in [2.45, 2.75) is 6.61 Å². The molecule has 0 atom stereocenters. The average molecular weight is 292 g/mol. The summed E-state index contributed by atoms with van der Waals surface area (Å²) < 4.78 is 4.89. The summed E-state index contributed by atoms with van der Waals surface area (Å²) in [6.45, 7) is 0.0827. The lowest BCUT2D eigenvalue weighted by molar-refractivity contribution is 0.0696. The van der Waals surface area contributed by atoms with Crippen LogP contribution in [0.1, 0.15) is 25.7 Å². The molecule has 1 amide bonds. The third-order valence-electron chi connectivity index (χ3n) is 2.43. The van der Waals surface area contributed by atoms with Crippen molar-refractivity contribution in [2.24, 2.45) is 0 Å². The molecule has 7 heteroatoms. The highest BCUT2D eigenvalue weighted by atomic mass is 32.1. The van der Waals surface area contributed by atoms with E-state index in [-0.39, 0.29) is 22.5 Å². The van der Waals surface area contributed by atoms with E-state index in [0.29, 0.717) is 11.3 Å². The van der Waals surface area contributed by atoms with Crippen LogP contribution < -0.4 is 5.32 Å². The summed E-state index contributed by atoms with van der Waals surface area (Å²) in [6, 6.07) is 8.62. The Morgan fingerprint density at radius 3 is 2.65 bits per heavy atom. The van der Waals surface area contributed by atoms with Crippen molar-refractivity contribution in [1.29, 1.82) is 0 Å². The molecule has 0 unspecified atom stereocenters. The van der Waals surface area contributed by atoms with Crippen LogP contribution >= 0.6 is 11.3 Å². The topological polar surface area (TPSA) is 88.5 Å². The van der Waals surface area contributed by atoms with Crippen LogP contribution in [0.15, 0.2) is 30.3 Å². The number of methoxy groups -OCH3 is 1. The third kappa shape index (κ3) is 3.19. The summed E-state index contributed by atoms with van der Waals surface area (Å²) in [5.74, 6) is -1.42. The predicted octanol–water partition coefficient (Wildman–Crippen LogP) is 2.24. The van der Waals surface area contributed by atoms with E-state index in [2.05, 4.69) is 10.3 Å². The van der Waals surface area contributed by atoms with Gasteiger partial charge < -0.3 is 9.84 Å². The Hall–Kier alpha value is -2.25. The van der Waals surface area contributed by atoms with Gasteiger partial charge in [0.2, 0.25) is 0 Å². The summed E-state index contributed by atoms with van der Waals surface area (Å²) in [5.41, 5.74) is 0.779. The highest BCUT2D eigenvalue weighted by Gasteiger charge is 2.18. The monoisotopic (exact) mass is 292 g/mol. The van der Waals surface area contributed by atoms with Gasteiger partial charge in [-0.2, -0.15) is 0 Å². The summed E-state index contributed by atoms with van der Waals surface area (Å²) in [7, 11) is 1.45. The molecule has 0 aliphatic carbocycles. The molecular weight excluding hydrogens is 280 g/mol. The molecule has 0 aliphatic rings. The molecule has 0 saturated carbocycles. The molecule has 2 aromatic rings. The number of thiazole rings is 1. The number of carboxylic acid groups (broad SMARTS) is 1. The standard InChI is InChI=1S/C13H12N2O4S/c1-19-7-9-10(12(17)18)20-13(14-9)15-11(16)8-5-3-2-4-6-8/h2-6H,7H2,1H3,(H,17,18)(H,14,15,16). The van der Waals surface area contributed by atoms with Crippen LogP contribution in [0.25, 0.3) is 0 Å². The molecule has 1 heterocycles. The minimum absolute atomic E-state index is 0.0650. The number of benzene rings is 1. The first-order valence-electron chi connectivity index (χ1n) is 5.70. The maximum Gasteiger partial charge on any atom is 0.347 e. The fourth-order valence-corrected chi connectivity index (χ4v) is 2.37. The first-order valence-corrected chi connectivity index (χ1v) is 6.51. The molecule has 0 aliphatic heterocycles. The van der Waals surface area contributed by atoms with Crippen LogP contribution in [0.4, 0.5) is 5.13 Å². The van der Waals surface area contributed by atoms with Crippen LogP contribution in [-0.4, -0.2) is 29.1 Å². The van der Waals surface area contributed by atoms with Crippen molar-refractivity contribution in [2.75, 3.05) is 12.4 Å². The van der Waals surface area contributed by atoms with Crippen molar-refractivity contribution in [3.63, 3.8) is 0 Å². The molecule has 1 aromatic carbocycles. The molecule has 0 fully saturated rings. The van der Waals surface area contributed by atoms with E-state index in [4.69, 9.17) is 9.84 Å². The Kier molecular flexibility index (Phi) is 4.44. The van der Waals surface area contributed by atoms with E-state index >= 15 is 0 Å². The largest absolute Gasteiger partial charge is 0.477 e. The van der Waals surface area contributed by atoms with Crippen LogP contribution in [0.5, 0.6) is 0 Å². The Balaban J connectivity index is 2.19. The number of ether oxygens (including phenoxy) is 1. The number of carbonyl (C=O) groups excluding carboxylic acids is 1. The fourth-order valence-electron chi connectivity index (χ4n) is 1.57. The van der Waals surface area contributed by atoms with Gasteiger partial charge in [-0.1, -0.05) is 29.5 Å². The zero-order valence-corrected chi connectivity index (χ0v) is 11.4. The van der Waals surface area contributed by atoms with Crippen molar-refractivity contribution >= 4 is 28.3 Å². The van der Waals surface area contributed by atoms with Crippen molar-refractivity contribution in [3.8, 4) is 0 Å². The lowest BCUT2D eigenvalue weighted by atomic mass is 10.2. The average Bonchev–Trinajstić information content (AvgIpc) is 2.83. The van der Waals surface area contributed by atoms with Gasteiger partial charge in [0, 0.05) is 12.7 Å². The van der Waals surface area contributed by atoms with E-state index < -0.39 is 5.97 Å². The van der Waals surface area contributed by atoms with Gasteiger partial charge in [-0.3, -0.25) is 10.1 Å². The molecular formula is C13H12N2O4S. The number of hydrogen-bond donors (Lipinski definition) is 2. The SMILES string of the molecule is COCc1nc(NC(=O)c2ccccc2)sc1C(=O)O. The van der Waals surface area contributed by atoms with Crippen molar-refractivity contribution in [1.82, 2.24) is 4.98 Å². The van der Waals surface area contributed by atoms with Gasteiger partial charge in [-0.05, 0) is 12.1 Å². The lowest BCUT2D eigenvalue weighted by Crippen LogP contribution is -2.11. The number of rotatable bonds is 5. The number of aromatic carboxylic acids is 1. The van der Waals surface area contributed by atoms with E-state index in [1.54, 1.807) is 30.3 Å². The number of carboxylic acids is 1. The Labute approximate surface area is 119 Å². The summed E-state index contributed by atoms with van der Waals surface area (Å²) in [4.78, 5) is 27.1. The fraction of sp³-hybridized carbons (Fsp3) is 0.154. The van der Waals surface area contributed by atoms with Gasteiger partial charge in [0.25, 0.3) is 5.91 Å². The second-order valence-electron chi connectivity index (χ2n) is 3.85.